The second kappa shape index (κ2) is 14.3. The number of rotatable bonds is 15. The van der Waals surface area contributed by atoms with Crippen molar-refractivity contribution in [2.75, 3.05) is 19.0 Å². The highest BCUT2D eigenvalue weighted by Gasteiger charge is 2.31. The van der Waals surface area contributed by atoms with Gasteiger partial charge in [-0.1, -0.05) is 46.5 Å². The Labute approximate surface area is 207 Å². The van der Waals surface area contributed by atoms with Crippen LogP contribution < -0.4 is 5.32 Å². The Balaban J connectivity index is 2.56. The Hall–Kier alpha value is -2.35. The summed E-state index contributed by atoms with van der Waals surface area (Å²) in [5, 5.41) is 23.1. The molecule has 196 valence electrons. The Morgan fingerprint density at radius 1 is 0.971 bits per heavy atom. The lowest BCUT2D eigenvalue weighted by Gasteiger charge is -2.23. The number of methoxy groups -OCH3 is 1. The van der Waals surface area contributed by atoms with Crippen LogP contribution in [0.5, 0.6) is 5.75 Å². The number of unbranched alkanes of at least 4 members (excludes halogenated alkanes) is 3. The Kier molecular flexibility index (Phi) is 11.8. The van der Waals surface area contributed by atoms with Gasteiger partial charge in [-0.15, -0.1) is 10.2 Å². The molecule has 0 aliphatic carbocycles. The summed E-state index contributed by atoms with van der Waals surface area (Å²) in [6.07, 6.45) is 5.01. The smallest absolute Gasteiger partial charge is 0.416 e. The number of halogens is 3. The molecule has 35 heavy (non-hydrogen) atoms. The lowest BCUT2D eigenvalue weighted by molar-refractivity contribution is -0.137. The molecule has 0 radical (unpaired) electrons. The molecule has 2 rings (SSSR count). The van der Waals surface area contributed by atoms with Crippen LogP contribution in [0, 0.1) is 0 Å². The van der Waals surface area contributed by atoms with Crippen molar-refractivity contribution in [1.29, 1.82) is 0 Å². The Morgan fingerprint density at radius 2 is 1.69 bits per heavy atom. The van der Waals surface area contributed by atoms with Crippen LogP contribution >= 0.6 is 0 Å². The van der Waals surface area contributed by atoms with Crippen molar-refractivity contribution in [3.8, 4) is 17.0 Å². The fraction of sp³-hybridized carbons (Fsp3) is 0.630. The minimum atomic E-state index is -4.53. The van der Waals surface area contributed by atoms with E-state index in [-0.39, 0.29) is 11.6 Å². The zero-order chi connectivity index (χ0) is 25.8. The second-order valence-electron chi connectivity index (χ2n) is 9.03. The second-order valence-corrected chi connectivity index (χ2v) is 9.03. The molecule has 2 N–H and O–H groups in total. The number of phenols is 1. The monoisotopic (exact) mass is 495 g/mol. The summed E-state index contributed by atoms with van der Waals surface area (Å²) < 4.78 is 44.7. The lowest BCUT2D eigenvalue weighted by Crippen LogP contribution is -2.22. The average molecular weight is 496 g/mol. The molecule has 5 nitrogen and oxygen atoms in total. The molecular formula is C27H40F3N3O2. The molecule has 0 spiro atoms. The molecule has 0 aliphatic heterocycles. The van der Waals surface area contributed by atoms with Crippen molar-refractivity contribution in [3.05, 3.63) is 34.9 Å². The van der Waals surface area contributed by atoms with Gasteiger partial charge in [0.15, 0.2) is 5.82 Å². The van der Waals surface area contributed by atoms with Gasteiger partial charge in [-0.2, -0.15) is 13.2 Å². The molecule has 0 saturated carbocycles. The minimum Gasteiger partial charge on any atom is -0.507 e. The topological polar surface area (TPSA) is 67.3 Å². The molecule has 2 aromatic rings. The summed E-state index contributed by atoms with van der Waals surface area (Å²) in [4.78, 5) is 0. The molecule has 0 fully saturated rings. The largest absolute Gasteiger partial charge is 0.507 e. The highest BCUT2D eigenvalue weighted by atomic mass is 19.4. The first-order chi connectivity index (χ1) is 16.8. The molecule has 8 heteroatoms. The fourth-order valence-corrected chi connectivity index (χ4v) is 4.25. The zero-order valence-corrected chi connectivity index (χ0v) is 21.5. The number of benzene rings is 1. The molecular weight excluding hydrogens is 455 g/mol. The highest BCUT2D eigenvalue weighted by Crippen LogP contribution is 2.38. The maximum atomic E-state index is 13.1. The van der Waals surface area contributed by atoms with E-state index in [0.717, 1.165) is 80.4 Å². The van der Waals surface area contributed by atoms with Crippen molar-refractivity contribution in [2.45, 2.75) is 97.2 Å². The van der Waals surface area contributed by atoms with E-state index in [2.05, 4.69) is 36.3 Å². The van der Waals surface area contributed by atoms with Gasteiger partial charge in [0.25, 0.3) is 0 Å². The van der Waals surface area contributed by atoms with E-state index in [0.29, 0.717) is 18.7 Å². The quantitative estimate of drug-likeness (QED) is 0.250. The van der Waals surface area contributed by atoms with Gasteiger partial charge in [-0.3, -0.25) is 0 Å². The van der Waals surface area contributed by atoms with Gasteiger partial charge in [0.1, 0.15) is 11.4 Å². The lowest BCUT2D eigenvalue weighted by atomic mass is 9.93. The van der Waals surface area contributed by atoms with Crippen LogP contribution in [-0.4, -0.2) is 35.1 Å². The number of aromatic hydroxyl groups is 1. The molecule has 1 heterocycles. The number of hydrogen-bond donors (Lipinski definition) is 2. The third-order valence-corrected chi connectivity index (χ3v) is 6.31. The van der Waals surface area contributed by atoms with Gasteiger partial charge >= 0.3 is 6.18 Å². The van der Waals surface area contributed by atoms with Gasteiger partial charge in [0.05, 0.1) is 5.56 Å². The number of nitrogens with zero attached hydrogens (tertiary/aromatic N) is 2. The van der Waals surface area contributed by atoms with Crippen LogP contribution in [0.2, 0.25) is 0 Å². The number of anilines is 1. The SMILES string of the molecule is CCCCC[C@H](CC)Nc1nnc(-c2ccc(C(F)(F)F)cc2O)c(CCCOC)c1CCCC. The number of phenolic OH excluding ortho intramolecular Hbond substituents is 1. The average Bonchev–Trinajstić information content (AvgIpc) is 2.82. The van der Waals surface area contributed by atoms with Crippen molar-refractivity contribution >= 4 is 5.82 Å². The molecule has 0 saturated heterocycles. The van der Waals surface area contributed by atoms with Gasteiger partial charge in [0, 0.05) is 30.9 Å². The van der Waals surface area contributed by atoms with Crippen LogP contribution in [0.1, 0.15) is 88.8 Å². The molecule has 0 aliphatic rings. The van der Waals surface area contributed by atoms with Crippen molar-refractivity contribution in [2.24, 2.45) is 0 Å². The minimum absolute atomic E-state index is 0.261. The summed E-state index contributed by atoms with van der Waals surface area (Å²) in [5.41, 5.74) is 1.74. The van der Waals surface area contributed by atoms with E-state index >= 15 is 0 Å². The molecule has 1 aromatic heterocycles. The standard InChI is InChI=1S/C27H40F3N3O2/c1-5-8-10-12-20(7-3)31-26-22(13-9-6-2)21(14-11-17-35-4)25(32-33-26)23-16-15-19(18-24(23)34)27(28,29)30/h15-16,18,20,34H,5-14,17H2,1-4H3,(H,31,33)/t20-/m0/s1. The summed E-state index contributed by atoms with van der Waals surface area (Å²) in [5.74, 6) is 0.291. The summed E-state index contributed by atoms with van der Waals surface area (Å²) in [6.45, 7) is 7.00. The fourth-order valence-electron chi connectivity index (χ4n) is 4.25. The predicted molar refractivity (Wildman–Crippen MR) is 135 cm³/mol. The number of aromatic nitrogens is 2. The van der Waals surface area contributed by atoms with E-state index in [4.69, 9.17) is 4.74 Å². The maximum absolute atomic E-state index is 13.1. The number of hydrogen-bond acceptors (Lipinski definition) is 5. The molecule has 0 unspecified atom stereocenters. The van der Waals surface area contributed by atoms with Crippen molar-refractivity contribution in [3.63, 3.8) is 0 Å². The van der Waals surface area contributed by atoms with Crippen molar-refractivity contribution in [1.82, 2.24) is 10.2 Å². The van der Waals surface area contributed by atoms with E-state index in [1.165, 1.54) is 12.5 Å². The van der Waals surface area contributed by atoms with E-state index in [9.17, 15) is 18.3 Å². The highest BCUT2D eigenvalue weighted by molar-refractivity contribution is 5.73. The van der Waals surface area contributed by atoms with Crippen LogP contribution in [0.25, 0.3) is 11.3 Å². The third kappa shape index (κ3) is 8.37. The van der Waals surface area contributed by atoms with Gasteiger partial charge in [0.2, 0.25) is 0 Å². The van der Waals surface area contributed by atoms with Gasteiger partial charge in [-0.25, -0.2) is 0 Å². The first-order valence-electron chi connectivity index (χ1n) is 12.8. The van der Waals surface area contributed by atoms with E-state index in [1.54, 1.807) is 7.11 Å². The molecule has 1 aromatic carbocycles. The Morgan fingerprint density at radius 3 is 2.29 bits per heavy atom. The van der Waals surface area contributed by atoms with Crippen LogP contribution in [-0.2, 0) is 23.8 Å². The maximum Gasteiger partial charge on any atom is 0.416 e. The number of alkyl halides is 3. The van der Waals surface area contributed by atoms with Gasteiger partial charge in [-0.05, 0) is 62.3 Å². The van der Waals surface area contributed by atoms with Crippen molar-refractivity contribution < 1.29 is 23.0 Å². The summed E-state index contributed by atoms with van der Waals surface area (Å²) >= 11 is 0. The van der Waals surface area contributed by atoms with Crippen LogP contribution in [0.4, 0.5) is 19.0 Å². The van der Waals surface area contributed by atoms with E-state index in [1.807, 2.05) is 0 Å². The summed E-state index contributed by atoms with van der Waals surface area (Å²) in [6, 6.07) is 3.30. The number of ether oxygens (including phenoxy) is 1. The molecule has 0 bridgehead atoms. The normalized spacial score (nSPS) is 12.7. The Bertz CT molecular complexity index is 919. The molecule has 1 atom stereocenters. The third-order valence-electron chi connectivity index (χ3n) is 6.31. The number of nitrogens with one attached hydrogen (secondary N) is 1. The van der Waals surface area contributed by atoms with Gasteiger partial charge < -0.3 is 15.2 Å². The summed E-state index contributed by atoms with van der Waals surface area (Å²) in [7, 11) is 1.64. The first kappa shape index (κ1) is 28.9. The molecule has 0 amide bonds. The first-order valence-corrected chi connectivity index (χ1v) is 12.8. The van der Waals surface area contributed by atoms with Crippen LogP contribution in [0.15, 0.2) is 18.2 Å². The predicted octanol–water partition coefficient (Wildman–Crippen LogP) is 7.56. The zero-order valence-electron chi connectivity index (χ0n) is 21.5. The van der Waals surface area contributed by atoms with E-state index < -0.39 is 17.5 Å². The van der Waals surface area contributed by atoms with Crippen LogP contribution in [0.3, 0.4) is 0 Å².